The molecule has 0 bridgehead atoms. The van der Waals surface area contributed by atoms with Crippen LogP contribution in [-0.2, 0) is 11.3 Å². The van der Waals surface area contributed by atoms with Crippen molar-refractivity contribution in [3.05, 3.63) is 64.4 Å². The lowest BCUT2D eigenvalue weighted by molar-refractivity contribution is -0.131. The third-order valence-corrected chi connectivity index (χ3v) is 5.77. The molecule has 5 heteroatoms. The lowest BCUT2D eigenvalue weighted by Crippen LogP contribution is -2.42. The van der Waals surface area contributed by atoms with Gasteiger partial charge in [-0.05, 0) is 50.6 Å². The highest BCUT2D eigenvalue weighted by molar-refractivity contribution is 9.10. The van der Waals surface area contributed by atoms with Crippen molar-refractivity contribution in [2.75, 3.05) is 6.54 Å². The molecule has 1 fully saturated rings. The Morgan fingerprint density at radius 2 is 1.81 bits per heavy atom. The van der Waals surface area contributed by atoms with Crippen LogP contribution in [0.1, 0.15) is 44.5 Å². The number of amides is 1. The van der Waals surface area contributed by atoms with Crippen molar-refractivity contribution in [2.45, 2.75) is 45.2 Å². The van der Waals surface area contributed by atoms with Crippen molar-refractivity contribution in [1.82, 2.24) is 14.5 Å². The van der Waals surface area contributed by atoms with Gasteiger partial charge in [-0.1, -0.05) is 40.2 Å². The van der Waals surface area contributed by atoms with E-state index in [4.69, 9.17) is 4.98 Å². The van der Waals surface area contributed by atoms with Gasteiger partial charge in [0.05, 0.1) is 11.0 Å². The zero-order valence-corrected chi connectivity index (χ0v) is 17.5. The van der Waals surface area contributed by atoms with E-state index in [1.54, 1.807) is 0 Å². The molecule has 1 saturated heterocycles. The van der Waals surface area contributed by atoms with E-state index in [1.807, 2.05) is 17.0 Å². The van der Waals surface area contributed by atoms with E-state index in [9.17, 15) is 4.79 Å². The molecule has 0 spiro atoms. The Kier molecular flexibility index (Phi) is 4.58. The van der Waals surface area contributed by atoms with Crippen LogP contribution < -0.4 is 0 Å². The van der Waals surface area contributed by atoms with E-state index >= 15 is 0 Å². The van der Waals surface area contributed by atoms with Crippen LogP contribution in [0, 0.1) is 0 Å². The molecule has 4 rings (SSSR count). The number of imidazole rings is 1. The first-order valence-corrected chi connectivity index (χ1v) is 10.1. The zero-order chi connectivity index (χ0) is 19.2. The number of rotatable bonds is 3. The quantitative estimate of drug-likeness (QED) is 0.594. The van der Waals surface area contributed by atoms with Gasteiger partial charge in [0, 0.05) is 35.4 Å². The summed E-state index contributed by atoms with van der Waals surface area (Å²) in [6.45, 7) is 7.77. The van der Waals surface area contributed by atoms with Gasteiger partial charge in [0.2, 0.25) is 5.91 Å². The molecular weight excluding hydrogens is 402 g/mol. The fourth-order valence-electron chi connectivity index (χ4n) is 3.87. The summed E-state index contributed by atoms with van der Waals surface area (Å²) in [6, 6.07) is 16.6. The molecule has 4 nitrogen and oxygen atoms in total. The first-order chi connectivity index (χ1) is 12.8. The Balaban J connectivity index is 1.74. The summed E-state index contributed by atoms with van der Waals surface area (Å²) in [6.07, 6.45) is 0.529. The van der Waals surface area contributed by atoms with Crippen LogP contribution in [0.5, 0.6) is 0 Å². The standard InChI is InChI=1S/C22H24BrN3O/c1-22(2,3)26-14-16(12-20(26)27)21-24-18-6-4-5-7-19(18)25(21)13-15-8-10-17(23)11-9-15/h4-11,16H,12-14H2,1-3H3/t16-/m0/s1. The summed E-state index contributed by atoms with van der Waals surface area (Å²) in [5.41, 5.74) is 3.18. The van der Waals surface area contributed by atoms with Crippen LogP contribution in [-0.4, -0.2) is 32.4 Å². The maximum absolute atomic E-state index is 12.6. The molecule has 0 unspecified atom stereocenters. The lowest BCUT2D eigenvalue weighted by Gasteiger charge is -2.32. The van der Waals surface area contributed by atoms with Crippen LogP contribution in [0.3, 0.4) is 0 Å². The number of carbonyl (C=O) groups is 1. The normalized spacial score (nSPS) is 17.9. The van der Waals surface area contributed by atoms with Gasteiger partial charge in [0.1, 0.15) is 5.82 Å². The topological polar surface area (TPSA) is 38.1 Å². The maximum atomic E-state index is 12.6. The van der Waals surface area contributed by atoms with E-state index in [-0.39, 0.29) is 17.4 Å². The second-order valence-corrected chi connectivity index (χ2v) is 9.16. The molecule has 0 radical (unpaired) electrons. The molecule has 0 aliphatic carbocycles. The van der Waals surface area contributed by atoms with E-state index in [0.29, 0.717) is 6.42 Å². The van der Waals surface area contributed by atoms with Crippen LogP contribution in [0.2, 0.25) is 0 Å². The van der Waals surface area contributed by atoms with Crippen molar-refractivity contribution < 1.29 is 4.79 Å². The molecule has 3 aromatic rings. The molecule has 1 aliphatic rings. The molecule has 2 aromatic carbocycles. The zero-order valence-electron chi connectivity index (χ0n) is 15.9. The highest BCUT2D eigenvalue weighted by atomic mass is 79.9. The Bertz CT molecular complexity index is 985. The Morgan fingerprint density at radius 1 is 1.11 bits per heavy atom. The predicted molar refractivity (Wildman–Crippen MR) is 112 cm³/mol. The number of halogens is 1. The van der Waals surface area contributed by atoms with Gasteiger partial charge in [-0.15, -0.1) is 0 Å². The van der Waals surface area contributed by atoms with Crippen LogP contribution in [0.4, 0.5) is 0 Å². The second kappa shape index (κ2) is 6.79. The molecule has 1 amide bonds. The molecule has 0 saturated carbocycles. The Hall–Kier alpha value is -2.14. The minimum Gasteiger partial charge on any atom is -0.337 e. The summed E-state index contributed by atoms with van der Waals surface area (Å²) >= 11 is 3.50. The largest absolute Gasteiger partial charge is 0.337 e. The number of aromatic nitrogens is 2. The number of fused-ring (bicyclic) bond motifs is 1. The van der Waals surface area contributed by atoms with E-state index in [0.717, 1.165) is 34.4 Å². The summed E-state index contributed by atoms with van der Waals surface area (Å²) in [7, 11) is 0. The molecule has 140 valence electrons. The van der Waals surface area contributed by atoms with Gasteiger partial charge in [0.25, 0.3) is 0 Å². The fourth-order valence-corrected chi connectivity index (χ4v) is 4.14. The van der Waals surface area contributed by atoms with E-state index in [1.165, 1.54) is 5.56 Å². The average Bonchev–Trinajstić information content (AvgIpc) is 3.18. The van der Waals surface area contributed by atoms with E-state index in [2.05, 4.69) is 77.7 Å². The van der Waals surface area contributed by atoms with Gasteiger partial charge in [0.15, 0.2) is 0 Å². The SMILES string of the molecule is CC(C)(C)N1C[C@@H](c2nc3ccccc3n2Cc2ccc(Br)cc2)CC1=O. The van der Waals surface area contributed by atoms with Crippen LogP contribution in [0.25, 0.3) is 11.0 Å². The van der Waals surface area contributed by atoms with Crippen molar-refractivity contribution in [3.63, 3.8) is 0 Å². The predicted octanol–water partition coefficient (Wildman–Crippen LogP) is 4.96. The van der Waals surface area contributed by atoms with Crippen molar-refractivity contribution in [3.8, 4) is 0 Å². The highest BCUT2D eigenvalue weighted by Gasteiger charge is 2.38. The first-order valence-electron chi connectivity index (χ1n) is 9.33. The first kappa shape index (κ1) is 18.2. The molecule has 27 heavy (non-hydrogen) atoms. The van der Waals surface area contributed by atoms with Gasteiger partial charge in [-0.2, -0.15) is 0 Å². The van der Waals surface area contributed by atoms with Gasteiger partial charge >= 0.3 is 0 Å². The minimum absolute atomic E-state index is 0.125. The lowest BCUT2D eigenvalue weighted by atomic mass is 10.1. The number of hydrogen-bond donors (Lipinski definition) is 0. The number of likely N-dealkylation sites (tertiary alicyclic amines) is 1. The summed E-state index contributed by atoms with van der Waals surface area (Å²) in [5, 5.41) is 0. The molecule has 0 N–H and O–H groups in total. The number of para-hydroxylation sites is 2. The third-order valence-electron chi connectivity index (χ3n) is 5.24. The van der Waals surface area contributed by atoms with Gasteiger partial charge < -0.3 is 9.47 Å². The van der Waals surface area contributed by atoms with E-state index < -0.39 is 0 Å². The van der Waals surface area contributed by atoms with Crippen LogP contribution in [0.15, 0.2) is 53.0 Å². The van der Waals surface area contributed by atoms with Crippen LogP contribution >= 0.6 is 15.9 Å². The molecular formula is C22H24BrN3O. The molecule has 1 aromatic heterocycles. The number of carbonyl (C=O) groups excluding carboxylic acids is 1. The third kappa shape index (κ3) is 3.53. The van der Waals surface area contributed by atoms with Gasteiger partial charge in [-0.25, -0.2) is 4.98 Å². The number of benzene rings is 2. The Labute approximate surface area is 168 Å². The monoisotopic (exact) mass is 425 g/mol. The average molecular weight is 426 g/mol. The van der Waals surface area contributed by atoms with Gasteiger partial charge in [-0.3, -0.25) is 4.79 Å². The molecule has 2 heterocycles. The minimum atomic E-state index is -0.158. The maximum Gasteiger partial charge on any atom is 0.223 e. The Morgan fingerprint density at radius 3 is 2.48 bits per heavy atom. The van der Waals surface area contributed by atoms with Crippen molar-refractivity contribution in [2.24, 2.45) is 0 Å². The second-order valence-electron chi connectivity index (χ2n) is 8.25. The summed E-state index contributed by atoms with van der Waals surface area (Å²) < 4.78 is 3.35. The molecule has 1 aliphatic heterocycles. The summed E-state index contributed by atoms with van der Waals surface area (Å²) in [4.78, 5) is 19.5. The van der Waals surface area contributed by atoms with Crippen molar-refractivity contribution in [1.29, 1.82) is 0 Å². The number of hydrogen-bond acceptors (Lipinski definition) is 2. The summed E-state index contributed by atoms with van der Waals surface area (Å²) in [5.74, 6) is 1.36. The fraction of sp³-hybridized carbons (Fsp3) is 0.364. The number of nitrogens with zero attached hydrogens (tertiary/aromatic N) is 3. The van der Waals surface area contributed by atoms with Crippen molar-refractivity contribution >= 4 is 32.9 Å². The molecule has 1 atom stereocenters. The highest BCUT2D eigenvalue weighted by Crippen LogP contribution is 2.34. The smallest absolute Gasteiger partial charge is 0.223 e.